The normalized spacial score (nSPS) is 17.2. The molecule has 6 nitrogen and oxygen atoms in total. The third-order valence-electron chi connectivity index (χ3n) is 4.61. The molecule has 3 heterocycles. The number of benzene rings is 1. The van der Waals surface area contributed by atoms with Crippen molar-refractivity contribution in [2.24, 2.45) is 0 Å². The Morgan fingerprint density at radius 3 is 2.77 bits per heavy atom. The van der Waals surface area contributed by atoms with Gasteiger partial charge in [-0.1, -0.05) is 12.1 Å². The van der Waals surface area contributed by atoms with Gasteiger partial charge in [0, 0.05) is 41.6 Å². The number of thiazole rings is 1. The van der Waals surface area contributed by atoms with E-state index in [9.17, 15) is 4.79 Å². The van der Waals surface area contributed by atoms with Crippen molar-refractivity contribution in [1.29, 1.82) is 0 Å². The number of likely N-dealkylation sites (tertiary alicyclic amines) is 1. The number of nitrogen functional groups attached to an aromatic ring is 1. The fourth-order valence-corrected chi connectivity index (χ4v) is 4.10. The van der Waals surface area contributed by atoms with E-state index in [1.54, 1.807) is 29.9 Å². The van der Waals surface area contributed by atoms with E-state index in [0.717, 1.165) is 41.9 Å². The maximum atomic E-state index is 13.2. The summed E-state index contributed by atoms with van der Waals surface area (Å²) in [6, 6.07) is 7.66. The Morgan fingerprint density at radius 2 is 2.00 bits per heavy atom. The average molecular weight is 365 g/mol. The molecule has 0 bridgehead atoms. The van der Waals surface area contributed by atoms with Gasteiger partial charge in [0.25, 0.3) is 5.91 Å². The summed E-state index contributed by atoms with van der Waals surface area (Å²) in [5.41, 5.74) is 7.96. The largest absolute Gasteiger partial charge is 0.368 e. The van der Waals surface area contributed by atoms with E-state index in [2.05, 4.69) is 15.0 Å². The van der Waals surface area contributed by atoms with Gasteiger partial charge >= 0.3 is 0 Å². The van der Waals surface area contributed by atoms with Crippen molar-refractivity contribution in [2.75, 3.05) is 12.3 Å². The first-order valence-corrected chi connectivity index (χ1v) is 9.48. The van der Waals surface area contributed by atoms with Gasteiger partial charge in [-0.2, -0.15) is 0 Å². The van der Waals surface area contributed by atoms with Crippen LogP contribution >= 0.6 is 11.3 Å². The number of hydrogen-bond acceptors (Lipinski definition) is 6. The highest BCUT2D eigenvalue weighted by atomic mass is 32.1. The van der Waals surface area contributed by atoms with E-state index < -0.39 is 0 Å². The molecule has 1 atom stereocenters. The summed E-state index contributed by atoms with van der Waals surface area (Å²) >= 11 is 1.61. The fraction of sp³-hybridized carbons (Fsp3) is 0.263. The van der Waals surface area contributed by atoms with Crippen molar-refractivity contribution in [2.45, 2.75) is 25.3 Å². The molecule has 7 heteroatoms. The zero-order valence-electron chi connectivity index (χ0n) is 14.2. The maximum Gasteiger partial charge on any atom is 0.254 e. The quantitative estimate of drug-likeness (QED) is 0.767. The monoisotopic (exact) mass is 365 g/mol. The summed E-state index contributed by atoms with van der Waals surface area (Å²) in [4.78, 5) is 27.6. The van der Waals surface area contributed by atoms with Crippen LogP contribution in [0.1, 0.15) is 40.7 Å². The molecule has 2 aromatic heterocycles. The first-order valence-electron chi connectivity index (χ1n) is 8.61. The standard InChI is InChI=1S/C19H19N5OS/c20-19-22-11-15(12-23-19)13-4-3-5-14(10-13)18(25)24-8-2-1-6-16(24)17-21-7-9-26-17/h3-5,7,9-12,16H,1-2,6,8H2,(H2,20,22,23). The van der Waals surface area contributed by atoms with Crippen LogP contribution in [-0.2, 0) is 0 Å². The van der Waals surface area contributed by atoms with Crippen molar-refractivity contribution in [3.8, 4) is 11.1 Å². The van der Waals surface area contributed by atoms with E-state index in [0.29, 0.717) is 5.56 Å². The van der Waals surface area contributed by atoms with Crippen molar-refractivity contribution in [1.82, 2.24) is 19.9 Å². The number of hydrogen-bond donors (Lipinski definition) is 1. The van der Waals surface area contributed by atoms with Crippen LogP contribution in [-0.4, -0.2) is 32.3 Å². The molecular weight excluding hydrogens is 346 g/mol. The number of amides is 1. The molecule has 1 fully saturated rings. The first-order chi connectivity index (χ1) is 12.7. The van der Waals surface area contributed by atoms with Crippen LogP contribution in [0.15, 0.2) is 48.2 Å². The summed E-state index contributed by atoms with van der Waals surface area (Å²) in [7, 11) is 0. The number of piperidine rings is 1. The number of rotatable bonds is 3. The minimum atomic E-state index is 0.0445. The summed E-state index contributed by atoms with van der Waals surface area (Å²) in [6.45, 7) is 0.762. The van der Waals surface area contributed by atoms with Crippen LogP contribution in [0, 0.1) is 0 Å². The SMILES string of the molecule is Nc1ncc(-c2cccc(C(=O)N3CCCCC3c3nccs3)c2)cn1. The van der Waals surface area contributed by atoms with Crippen molar-refractivity contribution < 1.29 is 4.79 Å². The first kappa shape index (κ1) is 16.7. The third-order valence-corrected chi connectivity index (χ3v) is 5.49. The number of aromatic nitrogens is 3. The molecule has 1 amide bonds. The lowest BCUT2D eigenvalue weighted by atomic mass is 10.00. The van der Waals surface area contributed by atoms with Crippen molar-refractivity contribution >= 4 is 23.2 Å². The van der Waals surface area contributed by atoms with E-state index in [-0.39, 0.29) is 17.9 Å². The minimum absolute atomic E-state index is 0.0445. The smallest absolute Gasteiger partial charge is 0.254 e. The van der Waals surface area contributed by atoms with Crippen LogP contribution in [0.4, 0.5) is 5.95 Å². The molecule has 0 saturated carbocycles. The maximum absolute atomic E-state index is 13.2. The van der Waals surface area contributed by atoms with Crippen molar-refractivity contribution in [3.63, 3.8) is 0 Å². The molecule has 26 heavy (non-hydrogen) atoms. The number of nitrogens with two attached hydrogens (primary N) is 1. The molecule has 0 radical (unpaired) electrons. The van der Waals surface area contributed by atoms with E-state index >= 15 is 0 Å². The summed E-state index contributed by atoms with van der Waals surface area (Å²) in [5, 5.41) is 2.98. The molecule has 1 unspecified atom stereocenters. The van der Waals surface area contributed by atoms with Crippen LogP contribution in [0.5, 0.6) is 0 Å². The predicted octanol–water partition coefficient (Wildman–Crippen LogP) is 3.55. The lowest BCUT2D eigenvalue weighted by Crippen LogP contribution is -2.38. The Kier molecular flexibility index (Phi) is 4.62. The molecule has 0 spiro atoms. The molecule has 4 rings (SSSR count). The van der Waals surface area contributed by atoms with Gasteiger partial charge in [0.2, 0.25) is 5.95 Å². The Morgan fingerprint density at radius 1 is 1.15 bits per heavy atom. The molecule has 0 aliphatic carbocycles. The number of nitrogens with zero attached hydrogens (tertiary/aromatic N) is 4. The fourth-order valence-electron chi connectivity index (χ4n) is 3.32. The Bertz CT molecular complexity index is 895. The zero-order chi connectivity index (χ0) is 17.9. The second-order valence-corrected chi connectivity index (χ2v) is 7.22. The number of carbonyl (C=O) groups is 1. The van der Waals surface area contributed by atoms with E-state index in [1.807, 2.05) is 34.5 Å². The van der Waals surface area contributed by atoms with Gasteiger partial charge in [0.1, 0.15) is 5.01 Å². The number of carbonyl (C=O) groups excluding carboxylic acids is 1. The van der Waals surface area contributed by atoms with E-state index in [4.69, 9.17) is 5.73 Å². The average Bonchev–Trinajstić information content (AvgIpc) is 3.23. The van der Waals surface area contributed by atoms with Gasteiger partial charge < -0.3 is 10.6 Å². The molecular formula is C19H19N5OS. The van der Waals surface area contributed by atoms with Crippen LogP contribution < -0.4 is 5.73 Å². The highest BCUT2D eigenvalue weighted by Gasteiger charge is 2.30. The molecule has 2 N–H and O–H groups in total. The molecule has 1 saturated heterocycles. The molecule has 1 aliphatic heterocycles. The topological polar surface area (TPSA) is 85.0 Å². The minimum Gasteiger partial charge on any atom is -0.368 e. The third kappa shape index (κ3) is 3.30. The zero-order valence-corrected chi connectivity index (χ0v) is 15.0. The Labute approximate surface area is 155 Å². The van der Waals surface area contributed by atoms with Crippen LogP contribution in [0.2, 0.25) is 0 Å². The van der Waals surface area contributed by atoms with Gasteiger partial charge in [0.05, 0.1) is 6.04 Å². The second-order valence-electron chi connectivity index (χ2n) is 6.29. The van der Waals surface area contributed by atoms with Crippen molar-refractivity contribution in [3.05, 3.63) is 58.8 Å². The van der Waals surface area contributed by atoms with Crippen LogP contribution in [0.3, 0.4) is 0 Å². The summed E-state index contributed by atoms with van der Waals surface area (Å²) in [6.07, 6.45) is 8.26. The summed E-state index contributed by atoms with van der Waals surface area (Å²) in [5.74, 6) is 0.281. The second kappa shape index (κ2) is 7.21. The predicted molar refractivity (Wildman–Crippen MR) is 102 cm³/mol. The Hall–Kier alpha value is -2.80. The van der Waals surface area contributed by atoms with Gasteiger partial charge in [-0.25, -0.2) is 15.0 Å². The lowest BCUT2D eigenvalue weighted by Gasteiger charge is -2.34. The molecule has 1 aliphatic rings. The van der Waals surface area contributed by atoms with Gasteiger partial charge in [0.15, 0.2) is 0 Å². The highest BCUT2D eigenvalue weighted by Crippen LogP contribution is 2.33. The van der Waals surface area contributed by atoms with Gasteiger partial charge in [-0.15, -0.1) is 11.3 Å². The molecule has 3 aromatic rings. The lowest BCUT2D eigenvalue weighted by molar-refractivity contribution is 0.0611. The molecule has 132 valence electrons. The molecule has 1 aromatic carbocycles. The number of anilines is 1. The van der Waals surface area contributed by atoms with Crippen LogP contribution in [0.25, 0.3) is 11.1 Å². The van der Waals surface area contributed by atoms with Gasteiger partial charge in [-0.3, -0.25) is 4.79 Å². The van der Waals surface area contributed by atoms with Gasteiger partial charge in [-0.05, 0) is 37.0 Å². The van der Waals surface area contributed by atoms with E-state index in [1.165, 1.54) is 0 Å². The Balaban J connectivity index is 1.63. The summed E-state index contributed by atoms with van der Waals surface area (Å²) < 4.78 is 0. The highest BCUT2D eigenvalue weighted by molar-refractivity contribution is 7.09.